The molecule has 1 atom stereocenters. The molecule has 0 spiro atoms. The molecule has 1 rings (SSSR count). The molecule has 0 aromatic heterocycles. The number of hydrogen-bond acceptors (Lipinski definition) is 1. The van der Waals surface area contributed by atoms with Gasteiger partial charge in [0.2, 0.25) is 0 Å². The number of halogens is 2. The molecule has 1 aromatic carbocycles. The van der Waals surface area contributed by atoms with Gasteiger partial charge in [0.25, 0.3) is 0 Å². The van der Waals surface area contributed by atoms with Crippen LogP contribution < -0.4 is 5.32 Å². The molecule has 3 heteroatoms. The summed E-state index contributed by atoms with van der Waals surface area (Å²) in [6.45, 7) is 7.22. The Morgan fingerprint density at radius 1 is 1.17 bits per heavy atom. The number of rotatable bonds is 7. The summed E-state index contributed by atoms with van der Waals surface area (Å²) in [5.74, 6) is -0.833. The average Bonchev–Trinajstić information content (AvgIpc) is 2.32. The lowest BCUT2D eigenvalue weighted by molar-refractivity contribution is 0.424. The Morgan fingerprint density at radius 3 is 2.50 bits per heavy atom. The van der Waals surface area contributed by atoms with Crippen LogP contribution in [0.2, 0.25) is 0 Å². The minimum Gasteiger partial charge on any atom is -0.314 e. The van der Waals surface area contributed by atoms with Crippen molar-refractivity contribution in [3.05, 3.63) is 35.4 Å². The van der Waals surface area contributed by atoms with E-state index in [2.05, 4.69) is 19.2 Å². The monoisotopic (exact) mass is 255 g/mol. The Bertz CT molecular complexity index is 364. The van der Waals surface area contributed by atoms with E-state index in [0.717, 1.165) is 25.5 Å². The minimum atomic E-state index is -0.758. The molecule has 1 unspecified atom stereocenters. The highest BCUT2D eigenvalue weighted by Crippen LogP contribution is 2.16. The largest absolute Gasteiger partial charge is 0.314 e. The minimum absolute atomic E-state index is 0.216. The molecule has 0 amide bonds. The van der Waals surface area contributed by atoms with Gasteiger partial charge >= 0.3 is 0 Å². The molecule has 1 nitrogen and oxygen atoms in total. The van der Waals surface area contributed by atoms with Gasteiger partial charge in [-0.1, -0.05) is 32.9 Å². The highest BCUT2D eigenvalue weighted by Gasteiger charge is 2.14. The summed E-state index contributed by atoms with van der Waals surface area (Å²) in [6.07, 6.45) is 2.63. The number of benzene rings is 1. The highest BCUT2D eigenvalue weighted by atomic mass is 19.2. The standard InChI is InChI=1S/C15H23F2N/c1-4-18-13(9-8-11(2)3)10-12-6-5-7-14(16)15(12)17/h5-7,11,13,18H,4,8-10H2,1-3H3. The molecule has 0 radical (unpaired) electrons. The Hall–Kier alpha value is -0.960. The SMILES string of the molecule is CCNC(CCC(C)C)Cc1cccc(F)c1F. The summed E-state index contributed by atoms with van der Waals surface area (Å²) in [5.41, 5.74) is 0.463. The van der Waals surface area contributed by atoms with Crippen LogP contribution in [0.15, 0.2) is 18.2 Å². The van der Waals surface area contributed by atoms with Crippen molar-refractivity contribution < 1.29 is 8.78 Å². The van der Waals surface area contributed by atoms with E-state index in [1.165, 1.54) is 0 Å². The maximum Gasteiger partial charge on any atom is 0.162 e. The molecule has 0 saturated heterocycles. The van der Waals surface area contributed by atoms with Crippen molar-refractivity contribution in [3.63, 3.8) is 0 Å². The molecule has 0 heterocycles. The van der Waals surface area contributed by atoms with Gasteiger partial charge in [0.15, 0.2) is 11.6 Å². The highest BCUT2D eigenvalue weighted by molar-refractivity contribution is 5.20. The summed E-state index contributed by atoms with van der Waals surface area (Å²) in [7, 11) is 0. The topological polar surface area (TPSA) is 12.0 Å². The Kier molecular flexibility index (Phi) is 6.27. The quantitative estimate of drug-likeness (QED) is 0.778. The summed E-state index contributed by atoms with van der Waals surface area (Å²) in [4.78, 5) is 0. The second-order valence-electron chi connectivity index (χ2n) is 5.14. The van der Waals surface area contributed by atoms with Crippen LogP contribution in [0.3, 0.4) is 0 Å². The van der Waals surface area contributed by atoms with Crippen molar-refractivity contribution in [2.45, 2.75) is 46.1 Å². The van der Waals surface area contributed by atoms with Gasteiger partial charge in [-0.15, -0.1) is 0 Å². The van der Waals surface area contributed by atoms with Gasteiger partial charge < -0.3 is 5.32 Å². The molecule has 0 aliphatic carbocycles. The second-order valence-corrected chi connectivity index (χ2v) is 5.14. The lowest BCUT2D eigenvalue weighted by Crippen LogP contribution is -2.31. The first-order valence-electron chi connectivity index (χ1n) is 6.70. The van der Waals surface area contributed by atoms with Gasteiger partial charge in [-0.2, -0.15) is 0 Å². The lowest BCUT2D eigenvalue weighted by atomic mass is 9.97. The van der Waals surface area contributed by atoms with Gasteiger partial charge in [0.1, 0.15) is 0 Å². The fraction of sp³-hybridized carbons (Fsp3) is 0.600. The summed E-state index contributed by atoms with van der Waals surface area (Å²) in [5, 5.41) is 3.34. The molecule has 1 aromatic rings. The molecule has 0 saturated carbocycles. The van der Waals surface area contributed by atoms with Gasteiger partial charge in [0, 0.05) is 6.04 Å². The van der Waals surface area contributed by atoms with Gasteiger partial charge in [-0.3, -0.25) is 0 Å². The molecule has 0 aliphatic heterocycles. The van der Waals surface area contributed by atoms with E-state index in [-0.39, 0.29) is 6.04 Å². The zero-order chi connectivity index (χ0) is 13.5. The van der Waals surface area contributed by atoms with Gasteiger partial charge in [-0.05, 0) is 43.4 Å². The number of hydrogen-bond donors (Lipinski definition) is 1. The number of likely N-dealkylation sites (N-methyl/N-ethyl adjacent to an activating group) is 1. The fourth-order valence-electron chi connectivity index (χ4n) is 2.07. The van der Waals surface area contributed by atoms with Gasteiger partial charge in [0.05, 0.1) is 0 Å². The second kappa shape index (κ2) is 7.47. The van der Waals surface area contributed by atoms with E-state index in [4.69, 9.17) is 0 Å². The first-order chi connectivity index (χ1) is 8.54. The van der Waals surface area contributed by atoms with Crippen molar-refractivity contribution in [1.82, 2.24) is 5.32 Å². The predicted molar refractivity (Wildman–Crippen MR) is 71.6 cm³/mol. The average molecular weight is 255 g/mol. The zero-order valence-corrected chi connectivity index (χ0v) is 11.5. The van der Waals surface area contributed by atoms with Crippen LogP contribution in [-0.4, -0.2) is 12.6 Å². The molecule has 102 valence electrons. The molecule has 18 heavy (non-hydrogen) atoms. The molecule has 0 bridgehead atoms. The Balaban J connectivity index is 2.67. The lowest BCUT2D eigenvalue weighted by Gasteiger charge is -2.19. The van der Waals surface area contributed by atoms with E-state index in [1.807, 2.05) is 6.92 Å². The maximum atomic E-state index is 13.6. The van der Waals surface area contributed by atoms with Crippen LogP contribution in [0.1, 0.15) is 39.2 Å². The zero-order valence-electron chi connectivity index (χ0n) is 11.5. The van der Waals surface area contributed by atoms with E-state index < -0.39 is 11.6 Å². The maximum absolute atomic E-state index is 13.6. The molecule has 0 fully saturated rings. The summed E-state index contributed by atoms with van der Waals surface area (Å²) < 4.78 is 26.7. The molecular weight excluding hydrogens is 232 g/mol. The van der Waals surface area contributed by atoms with Crippen molar-refractivity contribution in [2.24, 2.45) is 5.92 Å². The van der Waals surface area contributed by atoms with E-state index in [0.29, 0.717) is 17.9 Å². The van der Waals surface area contributed by atoms with Crippen LogP contribution in [0.5, 0.6) is 0 Å². The Labute approximate surface area is 109 Å². The molecular formula is C15H23F2N. The van der Waals surface area contributed by atoms with E-state index >= 15 is 0 Å². The predicted octanol–water partition coefficient (Wildman–Crippen LogP) is 3.92. The Morgan fingerprint density at radius 2 is 1.89 bits per heavy atom. The van der Waals surface area contributed by atoms with Crippen LogP contribution in [0, 0.1) is 17.6 Å². The fourth-order valence-corrected chi connectivity index (χ4v) is 2.07. The van der Waals surface area contributed by atoms with Crippen molar-refractivity contribution >= 4 is 0 Å². The third-order valence-corrected chi connectivity index (χ3v) is 3.08. The van der Waals surface area contributed by atoms with Crippen molar-refractivity contribution in [2.75, 3.05) is 6.54 Å². The first-order valence-corrected chi connectivity index (χ1v) is 6.70. The van der Waals surface area contributed by atoms with E-state index in [9.17, 15) is 8.78 Å². The third-order valence-electron chi connectivity index (χ3n) is 3.08. The first kappa shape index (κ1) is 15.1. The van der Waals surface area contributed by atoms with Crippen molar-refractivity contribution in [1.29, 1.82) is 0 Å². The van der Waals surface area contributed by atoms with Crippen molar-refractivity contribution in [3.8, 4) is 0 Å². The number of nitrogens with one attached hydrogen (secondary N) is 1. The normalized spacial score (nSPS) is 13.0. The van der Waals surface area contributed by atoms with Crippen LogP contribution in [0.25, 0.3) is 0 Å². The summed E-state index contributed by atoms with van der Waals surface area (Å²) >= 11 is 0. The van der Waals surface area contributed by atoms with Crippen LogP contribution in [0.4, 0.5) is 8.78 Å². The van der Waals surface area contributed by atoms with Crippen LogP contribution >= 0.6 is 0 Å². The van der Waals surface area contributed by atoms with E-state index in [1.54, 1.807) is 12.1 Å². The molecule has 0 aliphatic rings. The molecule has 1 N–H and O–H groups in total. The third kappa shape index (κ3) is 4.73. The van der Waals surface area contributed by atoms with Crippen LogP contribution in [-0.2, 0) is 6.42 Å². The smallest absolute Gasteiger partial charge is 0.162 e. The van der Waals surface area contributed by atoms with Gasteiger partial charge in [-0.25, -0.2) is 8.78 Å². The summed E-state index contributed by atoms with van der Waals surface area (Å²) in [6, 6.07) is 4.61.